The number of benzene rings is 2. The smallest absolute Gasteiger partial charge is 0.335 e. The van der Waals surface area contributed by atoms with Gasteiger partial charge in [-0.1, -0.05) is 18.2 Å². The van der Waals surface area contributed by atoms with E-state index in [9.17, 15) is 9.90 Å². The minimum atomic E-state index is -0.959. The molecule has 0 spiro atoms. The van der Waals surface area contributed by atoms with Gasteiger partial charge in [-0.2, -0.15) is 0 Å². The molecule has 0 bridgehead atoms. The first-order valence-electron chi connectivity index (χ1n) is 7.10. The predicted molar refractivity (Wildman–Crippen MR) is 88.2 cm³/mol. The van der Waals surface area contributed by atoms with Gasteiger partial charge in [0.1, 0.15) is 17.2 Å². The van der Waals surface area contributed by atoms with Gasteiger partial charge < -0.3 is 19.7 Å². The summed E-state index contributed by atoms with van der Waals surface area (Å²) in [5.74, 6) is 0.113. The van der Waals surface area contributed by atoms with Gasteiger partial charge in [0.2, 0.25) is 0 Å². The highest BCUT2D eigenvalue weighted by Gasteiger charge is 2.10. The average molecular weight is 314 g/mol. The van der Waals surface area contributed by atoms with Gasteiger partial charge in [0.15, 0.2) is 0 Å². The molecule has 0 aliphatic carbocycles. The molecule has 120 valence electrons. The fourth-order valence-electron chi connectivity index (χ4n) is 2.11. The molecular formula is C18H18O5. The highest BCUT2D eigenvalue weighted by Crippen LogP contribution is 2.35. The normalized spacial score (nSPS) is 10.7. The Morgan fingerprint density at radius 1 is 1.13 bits per heavy atom. The van der Waals surface area contributed by atoms with Crippen LogP contribution < -0.4 is 9.47 Å². The lowest BCUT2D eigenvalue weighted by molar-refractivity contribution is 0.0697. The number of aromatic carboxylic acids is 1. The van der Waals surface area contributed by atoms with Crippen molar-refractivity contribution in [3.8, 4) is 17.2 Å². The summed E-state index contributed by atoms with van der Waals surface area (Å²) >= 11 is 0. The molecule has 2 rings (SSSR count). The second-order valence-corrected chi connectivity index (χ2v) is 4.75. The Balaban J connectivity index is 2.35. The zero-order valence-corrected chi connectivity index (χ0v) is 12.9. The molecule has 0 fully saturated rings. The van der Waals surface area contributed by atoms with E-state index in [-0.39, 0.29) is 11.3 Å². The van der Waals surface area contributed by atoms with Gasteiger partial charge >= 0.3 is 5.97 Å². The SMILES string of the molecule is CCOc1cc(O)cc(OC)c1/C=C/c1ccc(C(=O)O)cc1. The fraction of sp³-hybridized carbons (Fsp3) is 0.167. The quantitative estimate of drug-likeness (QED) is 0.796. The first-order valence-corrected chi connectivity index (χ1v) is 7.10. The molecule has 0 saturated carbocycles. The molecule has 0 aliphatic heterocycles. The van der Waals surface area contributed by atoms with Crippen molar-refractivity contribution >= 4 is 18.1 Å². The summed E-state index contributed by atoms with van der Waals surface area (Å²) in [5.41, 5.74) is 1.78. The number of phenols is 1. The molecule has 0 saturated heterocycles. The van der Waals surface area contributed by atoms with Gasteiger partial charge in [-0.25, -0.2) is 4.79 Å². The van der Waals surface area contributed by atoms with Crippen LogP contribution in [-0.4, -0.2) is 29.9 Å². The molecule has 2 aromatic carbocycles. The largest absolute Gasteiger partial charge is 0.508 e. The van der Waals surface area contributed by atoms with Gasteiger partial charge in [0.25, 0.3) is 0 Å². The van der Waals surface area contributed by atoms with Crippen molar-refractivity contribution in [2.24, 2.45) is 0 Å². The molecule has 2 aromatic rings. The molecule has 0 atom stereocenters. The number of rotatable bonds is 6. The number of carboxylic acid groups (broad SMARTS) is 1. The summed E-state index contributed by atoms with van der Waals surface area (Å²) in [6, 6.07) is 9.55. The van der Waals surface area contributed by atoms with Crippen molar-refractivity contribution in [1.29, 1.82) is 0 Å². The number of methoxy groups -OCH3 is 1. The third-order valence-corrected chi connectivity index (χ3v) is 3.21. The van der Waals surface area contributed by atoms with Crippen LogP contribution in [0.3, 0.4) is 0 Å². The third kappa shape index (κ3) is 4.03. The van der Waals surface area contributed by atoms with Gasteiger partial charge in [-0.3, -0.25) is 0 Å². The van der Waals surface area contributed by atoms with Crippen molar-refractivity contribution in [1.82, 2.24) is 0 Å². The van der Waals surface area contributed by atoms with Crippen molar-refractivity contribution < 1.29 is 24.5 Å². The van der Waals surface area contributed by atoms with Gasteiger partial charge in [-0.05, 0) is 30.7 Å². The number of phenolic OH excluding ortho intramolecular Hbond substituents is 1. The monoisotopic (exact) mass is 314 g/mol. The summed E-state index contributed by atoms with van der Waals surface area (Å²) < 4.78 is 10.8. The summed E-state index contributed by atoms with van der Waals surface area (Å²) in [6.45, 7) is 2.31. The lowest BCUT2D eigenvalue weighted by atomic mass is 10.1. The Kier molecular flexibility index (Phi) is 5.25. The average Bonchev–Trinajstić information content (AvgIpc) is 2.54. The minimum absolute atomic E-state index is 0.0632. The lowest BCUT2D eigenvalue weighted by Gasteiger charge is -2.12. The van der Waals surface area contributed by atoms with Crippen LogP contribution in [0, 0.1) is 0 Å². The van der Waals surface area contributed by atoms with Crippen molar-refractivity contribution in [3.05, 3.63) is 53.1 Å². The fourth-order valence-corrected chi connectivity index (χ4v) is 2.11. The maximum Gasteiger partial charge on any atom is 0.335 e. The van der Waals surface area contributed by atoms with Crippen LogP contribution in [0.1, 0.15) is 28.4 Å². The zero-order chi connectivity index (χ0) is 16.8. The number of carbonyl (C=O) groups is 1. The van der Waals surface area contributed by atoms with Crippen LogP contribution in [0.4, 0.5) is 0 Å². The Morgan fingerprint density at radius 3 is 2.35 bits per heavy atom. The molecule has 0 aliphatic rings. The molecule has 0 amide bonds. The van der Waals surface area contributed by atoms with E-state index in [0.29, 0.717) is 23.7 Å². The van der Waals surface area contributed by atoms with E-state index in [1.165, 1.54) is 19.2 Å². The first kappa shape index (κ1) is 16.4. The van der Waals surface area contributed by atoms with E-state index in [1.807, 2.05) is 13.0 Å². The molecule has 23 heavy (non-hydrogen) atoms. The first-order chi connectivity index (χ1) is 11.0. The maximum absolute atomic E-state index is 10.8. The van der Waals surface area contributed by atoms with Crippen LogP contribution in [0.15, 0.2) is 36.4 Å². The second-order valence-electron chi connectivity index (χ2n) is 4.75. The molecule has 0 unspecified atom stereocenters. The number of hydrogen-bond donors (Lipinski definition) is 2. The van der Waals surface area contributed by atoms with Crippen LogP contribution in [-0.2, 0) is 0 Å². The van der Waals surface area contributed by atoms with E-state index in [0.717, 1.165) is 5.56 Å². The van der Waals surface area contributed by atoms with Crippen LogP contribution >= 0.6 is 0 Å². The van der Waals surface area contributed by atoms with Crippen molar-refractivity contribution in [2.45, 2.75) is 6.92 Å². The summed E-state index contributed by atoms with van der Waals surface area (Å²) in [4.78, 5) is 10.8. The van der Waals surface area contributed by atoms with E-state index in [4.69, 9.17) is 14.6 Å². The molecule has 0 heterocycles. The van der Waals surface area contributed by atoms with Crippen LogP contribution in [0.5, 0.6) is 17.2 Å². The Labute approximate surface area is 134 Å². The highest BCUT2D eigenvalue weighted by atomic mass is 16.5. The van der Waals surface area contributed by atoms with E-state index >= 15 is 0 Å². The number of carboxylic acids is 1. The van der Waals surface area contributed by atoms with Gasteiger partial charge in [-0.15, -0.1) is 0 Å². The molecule has 0 radical (unpaired) electrons. The van der Waals surface area contributed by atoms with Gasteiger partial charge in [0.05, 0.1) is 24.8 Å². The predicted octanol–water partition coefficient (Wildman–Crippen LogP) is 3.67. The van der Waals surface area contributed by atoms with E-state index in [2.05, 4.69) is 0 Å². The summed E-state index contributed by atoms with van der Waals surface area (Å²) in [5, 5.41) is 18.6. The molecule has 0 aromatic heterocycles. The maximum atomic E-state index is 10.8. The van der Waals surface area contributed by atoms with Crippen LogP contribution in [0.2, 0.25) is 0 Å². The summed E-state index contributed by atoms with van der Waals surface area (Å²) in [7, 11) is 1.52. The zero-order valence-electron chi connectivity index (χ0n) is 12.9. The molecule has 5 nitrogen and oxygen atoms in total. The Morgan fingerprint density at radius 2 is 1.78 bits per heavy atom. The molecular weight excluding hydrogens is 296 g/mol. The van der Waals surface area contributed by atoms with Gasteiger partial charge in [0, 0.05) is 12.1 Å². The number of hydrogen-bond acceptors (Lipinski definition) is 4. The molecule has 5 heteroatoms. The van der Waals surface area contributed by atoms with E-state index in [1.54, 1.807) is 30.3 Å². The highest BCUT2D eigenvalue weighted by molar-refractivity contribution is 5.88. The van der Waals surface area contributed by atoms with E-state index < -0.39 is 5.97 Å². The summed E-state index contributed by atoms with van der Waals surface area (Å²) in [6.07, 6.45) is 3.63. The van der Waals surface area contributed by atoms with Crippen LogP contribution in [0.25, 0.3) is 12.2 Å². The minimum Gasteiger partial charge on any atom is -0.508 e. The number of ether oxygens (including phenoxy) is 2. The third-order valence-electron chi connectivity index (χ3n) is 3.21. The van der Waals surface area contributed by atoms with Crippen molar-refractivity contribution in [3.63, 3.8) is 0 Å². The Bertz CT molecular complexity index is 717. The second kappa shape index (κ2) is 7.35. The van der Waals surface area contributed by atoms with Crippen molar-refractivity contribution in [2.75, 3.05) is 13.7 Å². The molecule has 2 N–H and O–H groups in total. The Hall–Kier alpha value is -2.95. The topological polar surface area (TPSA) is 76.0 Å². The standard InChI is InChI=1S/C18H18O5/c1-3-23-17-11-14(19)10-16(22-2)15(17)9-6-12-4-7-13(8-5-12)18(20)21/h4-11,19H,3H2,1-2H3,(H,20,21)/b9-6+. The lowest BCUT2D eigenvalue weighted by Crippen LogP contribution is -1.96. The number of aromatic hydroxyl groups is 1.